The number of benzene rings is 1. The molecule has 3 aromatic rings. The van der Waals surface area contributed by atoms with Crippen LogP contribution in [0.1, 0.15) is 11.3 Å². The maximum atomic E-state index is 12.0. The zero-order valence-corrected chi connectivity index (χ0v) is 13.9. The van der Waals surface area contributed by atoms with Gasteiger partial charge in [0.1, 0.15) is 12.4 Å². The van der Waals surface area contributed by atoms with Crippen molar-refractivity contribution in [2.45, 2.75) is 20.0 Å². The summed E-state index contributed by atoms with van der Waals surface area (Å²) >= 11 is 0. The van der Waals surface area contributed by atoms with E-state index in [2.05, 4.69) is 10.4 Å². The van der Waals surface area contributed by atoms with Gasteiger partial charge in [-0.25, -0.2) is 9.48 Å². The molecule has 3 N–H and O–H groups in total. The molecule has 0 aliphatic carbocycles. The Hall–Kier alpha value is -3.03. The highest BCUT2D eigenvalue weighted by molar-refractivity contribution is 5.78. The maximum absolute atomic E-state index is 12.0. The number of nitrogens with two attached hydrogens (primary N) is 1. The maximum Gasteiger partial charge on any atom is 0.328 e. The minimum Gasteiger partial charge on any atom is -0.384 e. The molecule has 0 bridgehead atoms. The fourth-order valence-corrected chi connectivity index (χ4v) is 2.75. The second-order valence-corrected chi connectivity index (χ2v) is 5.87. The predicted molar refractivity (Wildman–Crippen MR) is 91.4 cm³/mol. The number of nitrogens with one attached hydrogen (secondary N) is 1. The second kappa shape index (κ2) is 5.88. The molecule has 24 heavy (non-hydrogen) atoms. The minimum absolute atomic E-state index is 0.0734. The summed E-state index contributed by atoms with van der Waals surface area (Å²) in [7, 11) is 3.47. The summed E-state index contributed by atoms with van der Waals surface area (Å²) in [6, 6.07) is 7.40. The summed E-state index contributed by atoms with van der Waals surface area (Å²) in [5.41, 5.74) is 9.09. The van der Waals surface area contributed by atoms with E-state index in [1.807, 2.05) is 25.1 Å². The number of amides is 1. The van der Waals surface area contributed by atoms with Gasteiger partial charge in [-0.05, 0) is 24.6 Å². The molecule has 0 atom stereocenters. The lowest BCUT2D eigenvalue weighted by atomic mass is 10.2. The number of rotatable bonds is 4. The molecule has 0 unspecified atom stereocenters. The third-order valence-electron chi connectivity index (χ3n) is 4.05. The first kappa shape index (κ1) is 15.9. The molecule has 0 spiro atoms. The van der Waals surface area contributed by atoms with E-state index in [9.17, 15) is 9.59 Å². The Morgan fingerprint density at radius 2 is 1.92 bits per heavy atom. The number of anilines is 1. The first-order chi connectivity index (χ1) is 11.4. The summed E-state index contributed by atoms with van der Waals surface area (Å²) in [4.78, 5) is 24.0. The van der Waals surface area contributed by atoms with Crippen LogP contribution >= 0.6 is 0 Å². The van der Waals surface area contributed by atoms with Gasteiger partial charge in [0.2, 0.25) is 5.91 Å². The normalized spacial score (nSPS) is 11.1. The van der Waals surface area contributed by atoms with E-state index >= 15 is 0 Å². The fraction of sp³-hybridized carbons (Fsp3) is 0.312. The summed E-state index contributed by atoms with van der Waals surface area (Å²) in [5, 5.41) is 7.00. The first-order valence-electron chi connectivity index (χ1n) is 7.58. The lowest BCUT2D eigenvalue weighted by molar-refractivity contribution is -0.122. The van der Waals surface area contributed by atoms with Crippen LogP contribution in [0.4, 0.5) is 5.82 Å². The minimum atomic E-state index is -0.174. The summed E-state index contributed by atoms with van der Waals surface area (Å²) in [5.74, 6) is 0.287. The lowest BCUT2D eigenvalue weighted by Crippen LogP contribution is -2.28. The van der Waals surface area contributed by atoms with Crippen LogP contribution in [0.5, 0.6) is 0 Å². The van der Waals surface area contributed by atoms with Gasteiger partial charge < -0.3 is 11.1 Å². The number of aryl methyl sites for hydroxylation is 3. The zero-order valence-electron chi connectivity index (χ0n) is 13.9. The Labute approximate surface area is 138 Å². The largest absolute Gasteiger partial charge is 0.384 e. The van der Waals surface area contributed by atoms with Crippen molar-refractivity contribution in [1.29, 1.82) is 0 Å². The van der Waals surface area contributed by atoms with Crippen LogP contribution in [0.15, 0.2) is 29.1 Å². The summed E-state index contributed by atoms with van der Waals surface area (Å²) in [6.07, 6.45) is 0. The van der Waals surface area contributed by atoms with E-state index in [1.54, 1.807) is 29.3 Å². The highest BCUT2D eigenvalue weighted by Gasteiger charge is 2.10. The predicted octanol–water partition coefficient (Wildman–Crippen LogP) is 0.281. The van der Waals surface area contributed by atoms with Crippen molar-refractivity contribution in [1.82, 2.24) is 24.2 Å². The number of aromatic nitrogens is 4. The van der Waals surface area contributed by atoms with Gasteiger partial charge in [-0.1, -0.05) is 6.07 Å². The zero-order chi connectivity index (χ0) is 17.4. The van der Waals surface area contributed by atoms with Crippen LogP contribution in [0.3, 0.4) is 0 Å². The number of carbonyl (C=O) groups is 1. The average molecular weight is 328 g/mol. The van der Waals surface area contributed by atoms with Gasteiger partial charge in [-0.2, -0.15) is 5.10 Å². The molecule has 0 aliphatic heterocycles. The van der Waals surface area contributed by atoms with Crippen LogP contribution in [0, 0.1) is 6.92 Å². The molecule has 0 radical (unpaired) electrons. The van der Waals surface area contributed by atoms with Gasteiger partial charge >= 0.3 is 5.69 Å². The van der Waals surface area contributed by atoms with E-state index in [1.165, 1.54) is 4.68 Å². The Balaban J connectivity index is 1.71. The van der Waals surface area contributed by atoms with Crippen LogP contribution in [0.25, 0.3) is 11.0 Å². The van der Waals surface area contributed by atoms with Crippen LogP contribution < -0.4 is 16.7 Å². The third kappa shape index (κ3) is 2.78. The average Bonchev–Trinajstić information content (AvgIpc) is 2.97. The summed E-state index contributed by atoms with van der Waals surface area (Å²) < 4.78 is 4.66. The number of hydrogen-bond acceptors (Lipinski definition) is 4. The van der Waals surface area contributed by atoms with Crippen molar-refractivity contribution in [2.24, 2.45) is 14.1 Å². The van der Waals surface area contributed by atoms with Crippen LogP contribution in [-0.4, -0.2) is 24.8 Å². The van der Waals surface area contributed by atoms with Crippen molar-refractivity contribution in [3.63, 3.8) is 0 Å². The molecule has 8 nitrogen and oxygen atoms in total. The molecule has 1 aromatic carbocycles. The Morgan fingerprint density at radius 1 is 1.21 bits per heavy atom. The van der Waals surface area contributed by atoms with Crippen LogP contribution in [-0.2, 0) is 32.0 Å². The van der Waals surface area contributed by atoms with Crippen molar-refractivity contribution < 1.29 is 4.79 Å². The Bertz CT molecular complexity index is 979. The third-order valence-corrected chi connectivity index (χ3v) is 4.05. The molecule has 0 saturated carbocycles. The molecular weight excluding hydrogens is 308 g/mol. The molecule has 126 valence electrons. The second-order valence-electron chi connectivity index (χ2n) is 5.87. The van der Waals surface area contributed by atoms with Crippen molar-refractivity contribution >= 4 is 22.8 Å². The van der Waals surface area contributed by atoms with E-state index in [4.69, 9.17) is 5.73 Å². The number of nitrogens with zero attached hydrogens (tertiary/aromatic N) is 4. The number of hydrogen-bond donors (Lipinski definition) is 2. The highest BCUT2D eigenvalue weighted by atomic mass is 16.2. The molecule has 1 amide bonds. The number of fused-ring (bicyclic) bond motifs is 1. The molecule has 2 heterocycles. The van der Waals surface area contributed by atoms with E-state index < -0.39 is 0 Å². The molecule has 2 aromatic heterocycles. The standard InChI is InChI=1S/C16H20N6O2/c1-10-6-14(17)22(19-10)9-15(23)18-8-11-4-5-12-13(7-11)21(3)16(24)20(12)2/h4-7H,8-9,17H2,1-3H3,(H,18,23). The summed E-state index contributed by atoms with van der Waals surface area (Å²) in [6.45, 7) is 2.27. The van der Waals surface area contributed by atoms with E-state index in [0.717, 1.165) is 22.3 Å². The Kier molecular flexibility index (Phi) is 3.88. The van der Waals surface area contributed by atoms with E-state index in [-0.39, 0.29) is 18.1 Å². The topological polar surface area (TPSA) is 99.9 Å². The molecular formula is C16H20N6O2. The monoisotopic (exact) mass is 328 g/mol. The first-order valence-corrected chi connectivity index (χ1v) is 7.58. The van der Waals surface area contributed by atoms with Gasteiger partial charge in [0.05, 0.1) is 16.7 Å². The number of imidazole rings is 1. The smallest absolute Gasteiger partial charge is 0.328 e. The van der Waals surface area contributed by atoms with Crippen LogP contribution in [0.2, 0.25) is 0 Å². The molecule has 0 aliphatic rings. The van der Waals surface area contributed by atoms with E-state index in [0.29, 0.717) is 12.4 Å². The van der Waals surface area contributed by atoms with Gasteiger partial charge in [-0.3, -0.25) is 13.9 Å². The number of nitrogen functional groups attached to an aromatic ring is 1. The fourth-order valence-electron chi connectivity index (χ4n) is 2.75. The highest BCUT2D eigenvalue weighted by Crippen LogP contribution is 2.14. The van der Waals surface area contributed by atoms with Gasteiger partial charge in [0.25, 0.3) is 0 Å². The van der Waals surface area contributed by atoms with Gasteiger partial charge in [-0.15, -0.1) is 0 Å². The molecule has 3 rings (SSSR count). The van der Waals surface area contributed by atoms with Crippen molar-refractivity contribution in [3.05, 3.63) is 46.0 Å². The van der Waals surface area contributed by atoms with Gasteiger partial charge in [0, 0.05) is 26.7 Å². The number of carbonyl (C=O) groups excluding carboxylic acids is 1. The lowest BCUT2D eigenvalue weighted by Gasteiger charge is -2.07. The Morgan fingerprint density at radius 3 is 2.58 bits per heavy atom. The molecule has 0 fully saturated rings. The van der Waals surface area contributed by atoms with Crippen molar-refractivity contribution in [3.8, 4) is 0 Å². The SMILES string of the molecule is Cc1cc(N)n(CC(=O)NCc2ccc3c(c2)n(C)c(=O)n3C)n1. The quantitative estimate of drug-likeness (QED) is 0.718. The molecule has 8 heteroatoms. The molecule has 0 saturated heterocycles. The van der Waals surface area contributed by atoms with Gasteiger partial charge in [0.15, 0.2) is 0 Å². The van der Waals surface area contributed by atoms with Crippen molar-refractivity contribution in [2.75, 3.05) is 5.73 Å².